The van der Waals surface area contributed by atoms with E-state index >= 15 is 0 Å². The fourth-order valence-corrected chi connectivity index (χ4v) is 2.85. The Bertz CT molecular complexity index is 1130. The molecule has 2 aromatic heterocycles. The van der Waals surface area contributed by atoms with Gasteiger partial charge in [-0.15, -0.1) is 0 Å². The number of benzene rings is 2. The summed E-state index contributed by atoms with van der Waals surface area (Å²) < 4.78 is 54.6. The van der Waals surface area contributed by atoms with E-state index in [1.807, 2.05) is 6.07 Å². The van der Waals surface area contributed by atoms with Crippen molar-refractivity contribution in [3.63, 3.8) is 0 Å². The van der Waals surface area contributed by atoms with E-state index in [2.05, 4.69) is 0 Å². The largest absolute Gasteiger partial charge is 0.508 e. The van der Waals surface area contributed by atoms with Gasteiger partial charge in [0.15, 0.2) is 17.0 Å². The number of nitrogens with zero attached hydrogens (tertiary/aromatic N) is 2. The predicted molar refractivity (Wildman–Crippen MR) is 78.9 cm³/mol. The second-order valence-corrected chi connectivity index (χ2v) is 5.42. The Kier molecular flexibility index (Phi) is 2.90. The van der Waals surface area contributed by atoms with Gasteiger partial charge in [-0.1, -0.05) is 12.1 Å². The van der Waals surface area contributed by atoms with Crippen LogP contribution in [-0.2, 0) is 6.18 Å². The third-order valence-corrected chi connectivity index (χ3v) is 3.96. The number of hydrogen-bond donors (Lipinski definition) is 0. The monoisotopic (exact) mass is 333 g/mol. The minimum Gasteiger partial charge on any atom is -0.202 e. The summed E-state index contributed by atoms with van der Waals surface area (Å²) in [4.78, 5) is 12.6. The molecule has 7 heteroatoms. The van der Waals surface area contributed by atoms with Crippen LogP contribution in [0, 0.1) is 5.82 Å². The molecule has 0 bridgehead atoms. The summed E-state index contributed by atoms with van der Waals surface area (Å²) in [5.41, 5.74) is -1.20. The van der Waals surface area contributed by atoms with Gasteiger partial charge in [0.05, 0.1) is 10.9 Å². The van der Waals surface area contributed by atoms with Gasteiger partial charge in [0, 0.05) is 5.39 Å². The van der Waals surface area contributed by atoms with E-state index in [1.54, 1.807) is 24.4 Å². The van der Waals surface area contributed by atoms with Crippen molar-refractivity contribution in [1.82, 2.24) is 4.40 Å². The number of halogens is 4. The molecular formula is C17H9F4N2O+. The summed E-state index contributed by atoms with van der Waals surface area (Å²) in [5.74, 6) is -1.11. The second-order valence-electron chi connectivity index (χ2n) is 5.42. The predicted octanol–water partition coefficient (Wildman–Crippen LogP) is 3.33. The zero-order valence-corrected chi connectivity index (χ0v) is 12.0. The molecule has 2 heterocycles. The highest BCUT2D eigenvalue weighted by Crippen LogP contribution is 2.30. The van der Waals surface area contributed by atoms with Crippen LogP contribution >= 0.6 is 0 Å². The minimum absolute atomic E-state index is 0.232. The van der Waals surface area contributed by atoms with E-state index in [9.17, 15) is 22.4 Å². The highest BCUT2D eigenvalue weighted by atomic mass is 19.4. The molecule has 0 amide bonds. The van der Waals surface area contributed by atoms with Crippen LogP contribution in [0.25, 0.3) is 22.0 Å². The van der Waals surface area contributed by atoms with Gasteiger partial charge in [0.2, 0.25) is 0 Å². The summed E-state index contributed by atoms with van der Waals surface area (Å²) in [6, 6.07) is 9.23. The lowest BCUT2D eigenvalue weighted by Crippen LogP contribution is -2.51. The quantitative estimate of drug-likeness (QED) is 0.387. The topological polar surface area (TPSA) is 25.4 Å². The minimum atomic E-state index is -4.64. The van der Waals surface area contributed by atoms with Gasteiger partial charge >= 0.3 is 11.9 Å². The third-order valence-electron chi connectivity index (χ3n) is 3.96. The smallest absolute Gasteiger partial charge is 0.202 e. The number of aromatic nitrogens is 2. The van der Waals surface area contributed by atoms with Crippen molar-refractivity contribution < 1.29 is 22.1 Å². The Morgan fingerprint density at radius 3 is 2.46 bits per heavy atom. The summed E-state index contributed by atoms with van der Waals surface area (Å²) in [7, 11) is 0. The van der Waals surface area contributed by atoms with Crippen LogP contribution < -0.4 is 10.3 Å². The summed E-state index contributed by atoms with van der Waals surface area (Å²) in [6.45, 7) is 0. The Labute approximate surface area is 132 Å². The van der Waals surface area contributed by atoms with Gasteiger partial charge in [-0.3, -0.25) is 0 Å². The SMILES string of the molecule is O=c1n2ccc3cccc(c[n+]1-c1ccc(C(F)(F)F)cc1F)c32. The molecule has 2 aromatic carbocycles. The molecule has 0 aliphatic carbocycles. The Morgan fingerprint density at radius 1 is 1.00 bits per heavy atom. The van der Waals surface area contributed by atoms with Crippen LogP contribution in [0.15, 0.2) is 59.7 Å². The average Bonchev–Trinajstić information content (AvgIpc) is 2.96. The van der Waals surface area contributed by atoms with Gasteiger partial charge in [-0.05, 0) is 30.3 Å². The first kappa shape index (κ1) is 14.6. The van der Waals surface area contributed by atoms with Crippen LogP contribution in [0.1, 0.15) is 5.56 Å². The maximum absolute atomic E-state index is 14.2. The fraction of sp³-hybridized carbons (Fsp3) is 0.0588. The zero-order valence-electron chi connectivity index (χ0n) is 12.0. The summed E-state index contributed by atoms with van der Waals surface area (Å²) in [6.07, 6.45) is -1.66. The van der Waals surface area contributed by atoms with Gasteiger partial charge in [0.1, 0.15) is 12.4 Å². The zero-order chi connectivity index (χ0) is 17.1. The second kappa shape index (κ2) is 4.77. The molecule has 0 radical (unpaired) electrons. The molecule has 0 unspecified atom stereocenters. The average molecular weight is 333 g/mol. The first-order chi connectivity index (χ1) is 11.4. The summed E-state index contributed by atoms with van der Waals surface area (Å²) >= 11 is 0. The molecule has 0 aliphatic rings. The number of alkyl halides is 3. The van der Waals surface area contributed by atoms with Crippen LogP contribution in [-0.4, -0.2) is 4.40 Å². The van der Waals surface area contributed by atoms with Crippen molar-refractivity contribution in [2.24, 2.45) is 0 Å². The van der Waals surface area contributed by atoms with Gasteiger partial charge in [-0.2, -0.15) is 26.9 Å². The number of rotatable bonds is 1. The molecule has 0 saturated carbocycles. The van der Waals surface area contributed by atoms with Crippen LogP contribution in [0.2, 0.25) is 0 Å². The van der Waals surface area contributed by atoms with E-state index in [0.29, 0.717) is 17.0 Å². The van der Waals surface area contributed by atoms with Crippen molar-refractivity contribution in [3.8, 4) is 5.69 Å². The molecule has 120 valence electrons. The van der Waals surface area contributed by atoms with Gasteiger partial charge in [0.25, 0.3) is 0 Å². The van der Waals surface area contributed by atoms with Crippen LogP contribution in [0.5, 0.6) is 0 Å². The van der Waals surface area contributed by atoms with Crippen LogP contribution in [0.3, 0.4) is 0 Å². The van der Waals surface area contributed by atoms with E-state index in [1.165, 1.54) is 10.6 Å². The standard InChI is InChI=1S/C17H9F4N2O/c18-13-8-12(17(19,20)21)4-5-14(13)23-9-11-3-1-2-10-6-7-22(15(10)11)16(23)24/h1-9H/q+1. The van der Waals surface area contributed by atoms with Crippen molar-refractivity contribution in [2.45, 2.75) is 6.18 Å². The van der Waals surface area contributed by atoms with Crippen LogP contribution in [0.4, 0.5) is 17.6 Å². The first-order valence-electron chi connectivity index (χ1n) is 7.01. The Morgan fingerprint density at radius 2 is 1.75 bits per heavy atom. The number of para-hydroxylation sites is 1. The van der Waals surface area contributed by atoms with E-state index < -0.39 is 23.2 Å². The molecule has 4 aromatic rings. The molecule has 0 spiro atoms. The molecule has 0 aliphatic heterocycles. The highest BCUT2D eigenvalue weighted by molar-refractivity contribution is 5.95. The van der Waals surface area contributed by atoms with Crippen molar-refractivity contribution in [2.75, 3.05) is 0 Å². The van der Waals surface area contributed by atoms with Crippen molar-refractivity contribution in [3.05, 3.63) is 76.7 Å². The lowest BCUT2D eigenvalue weighted by molar-refractivity contribution is -0.616. The Balaban J connectivity index is 2.00. The first-order valence-corrected chi connectivity index (χ1v) is 7.01. The van der Waals surface area contributed by atoms with E-state index in [-0.39, 0.29) is 5.69 Å². The van der Waals surface area contributed by atoms with E-state index in [4.69, 9.17) is 0 Å². The van der Waals surface area contributed by atoms with Gasteiger partial charge < -0.3 is 0 Å². The lowest BCUT2D eigenvalue weighted by Gasteiger charge is -2.08. The van der Waals surface area contributed by atoms with Crippen molar-refractivity contribution >= 4 is 16.3 Å². The van der Waals surface area contributed by atoms with Crippen molar-refractivity contribution in [1.29, 1.82) is 0 Å². The normalized spacial score (nSPS) is 12.3. The molecule has 0 fully saturated rings. The molecule has 0 N–H and O–H groups in total. The fourth-order valence-electron chi connectivity index (χ4n) is 2.85. The Hall–Kier alpha value is -2.96. The molecule has 0 atom stereocenters. The molecule has 24 heavy (non-hydrogen) atoms. The lowest BCUT2D eigenvalue weighted by atomic mass is 10.1. The molecule has 0 saturated heterocycles. The molecule has 3 nitrogen and oxygen atoms in total. The van der Waals surface area contributed by atoms with Gasteiger partial charge in [-0.25, -0.2) is 4.39 Å². The molecule has 4 rings (SSSR count). The molecular weight excluding hydrogens is 324 g/mol. The highest BCUT2D eigenvalue weighted by Gasteiger charge is 2.32. The maximum Gasteiger partial charge on any atom is 0.508 e. The maximum atomic E-state index is 14.2. The number of hydrogen-bond acceptors (Lipinski definition) is 1. The summed E-state index contributed by atoms with van der Waals surface area (Å²) in [5, 5.41) is 1.53. The third kappa shape index (κ3) is 2.05. The van der Waals surface area contributed by atoms with E-state index in [0.717, 1.165) is 22.1 Å².